The van der Waals surface area contributed by atoms with Gasteiger partial charge >= 0.3 is 6.18 Å². The van der Waals surface area contributed by atoms with Gasteiger partial charge < -0.3 is 14.8 Å². The molecule has 2 atom stereocenters. The van der Waals surface area contributed by atoms with E-state index in [-0.39, 0.29) is 12.1 Å². The lowest BCUT2D eigenvalue weighted by Gasteiger charge is -2.39. The molecule has 0 radical (unpaired) electrons. The molecule has 3 N–H and O–H groups in total. The highest BCUT2D eigenvalue weighted by Gasteiger charge is 2.56. The number of aliphatic hydroxyl groups is 1. The topological polar surface area (TPSA) is 70.2 Å². The van der Waals surface area contributed by atoms with Gasteiger partial charge in [0.25, 0.3) is 0 Å². The number of H-pyrrole nitrogens is 1. The Kier molecular flexibility index (Phi) is 5.26. The maximum atomic E-state index is 14.4. The van der Waals surface area contributed by atoms with Crippen LogP contribution in [-0.4, -0.2) is 33.6 Å². The van der Waals surface area contributed by atoms with Gasteiger partial charge in [-0.3, -0.25) is 10.3 Å². The molecule has 0 saturated heterocycles. The Morgan fingerprint density at radius 3 is 2.71 bits per heavy atom. The van der Waals surface area contributed by atoms with Crippen LogP contribution in [0.1, 0.15) is 42.7 Å². The van der Waals surface area contributed by atoms with E-state index in [1.54, 1.807) is 19.3 Å². The van der Waals surface area contributed by atoms with Crippen LogP contribution >= 0.6 is 0 Å². The van der Waals surface area contributed by atoms with Crippen molar-refractivity contribution in [1.82, 2.24) is 15.3 Å². The van der Waals surface area contributed by atoms with Crippen LogP contribution in [0.15, 0.2) is 36.7 Å². The van der Waals surface area contributed by atoms with E-state index in [0.717, 1.165) is 34.6 Å². The summed E-state index contributed by atoms with van der Waals surface area (Å²) in [6, 6.07) is 7.11. The average Bonchev–Trinajstić information content (AvgIpc) is 3.30. The van der Waals surface area contributed by atoms with Crippen LogP contribution in [0.5, 0.6) is 5.75 Å². The summed E-state index contributed by atoms with van der Waals surface area (Å²) >= 11 is 0. The Balaban J connectivity index is 1.61. The van der Waals surface area contributed by atoms with E-state index in [2.05, 4.69) is 15.3 Å². The Morgan fingerprint density at radius 2 is 2.00 bits per heavy atom. The predicted octanol–water partition coefficient (Wildman–Crippen LogP) is 4.51. The number of alkyl halides is 3. The van der Waals surface area contributed by atoms with Gasteiger partial charge in [-0.15, -0.1) is 0 Å². The fourth-order valence-corrected chi connectivity index (χ4v) is 4.39. The van der Waals surface area contributed by atoms with Crippen LogP contribution < -0.4 is 10.1 Å². The SMILES string of the molecule is Cc1cc2c(c(C(C)(CC(C)(O)NCc3cc4ccncc4[nH]3)C(F)(F)F)c1)OCC2. The number of fused-ring (bicyclic) bond motifs is 2. The molecule has 0 saturated carbocycles. The summed E-state index contributed by atoms with van der Waals surface area (Å²) in [5.41, 5.74) is -0.906. The van der Waals surface area contributed by atoms with E-state index in [4.69, 9.17) is 4.74 Å². The number of ether oxygens (including phenoxy) is 1. The molecular formula is C23H26F3N3O2. The largest absolute Gasteiger partial charge is 0.493 e. The highest BCUT2D eigenvalue weighted by molar-refractivity contribution is 5.79. The lowest BCUT2D eigenvalue weighted by Crippen LogP contribution is -2.52. The quantitative estimate of drug-likeness (QED) is 0.500. The van der Waals surface area contributed by atoms with Crippen LogP contribution in [0, 0.1) is 6.92 Å². The van der Waals surface area contributed by atoms with Crippen molar-refractivity contribution in [3.8, 4) is 5.75 Å². The predicted molar refractivity (Wildman–Crippen MR) is 112 cm³/mol. The molecule has 2 unspecified atom stereocenters. The van der Waals surface area contributed by atoms with E-state index in [0.29, 0.717) is 18.8 Å². The summed E-state index contributed by atoms with van der Waals surface area (Å²) in [5.74, 6) is 0.296. The van der Waals surface area contributed by atoms with Crippen molar-refractivity contribution in [2.75, 3.05) is 6.61 Å². The third-order valence-corrected chi connectivity index (χ3v) is 5.99. The van der Waals surface area contributed by atoms with Gasteiger partial charge in [-0.2, -0.15) is 13.2 Å². The van der Waals surface area contributed by atoms with Crippen molar-refractivity contribution in [2.45, 2.75) is 57.5 Å². The average molecular weight is 433 g/mol. The molecule has 2 aromatic heterocycles. The lowest BCUT2D eigenvalue weighted by atomic mass is 9.74. The van der Waals surface area contributed by atoms with E-state index in [1.807, 2.05) is 18.2 Å². The molecule has 31 heavy (non-hydrogen) atoms. The summed E-state index contributed by atoms with van der Waals surface area (Å²) in [7, 11) is 0. The highest BCUT2D eigenvalue weighted by atomic mass is 19.4. The number of aryl methyl sites for hydroxylation is 1. The van der Waals surface area contributed by atoms with Crippen molar-refractivity contribution >= 4 is 10.9 Å². The van der Waals surface area contributed by atoms with E-state index < -0.39 is 23.7 Å². The zero-order chi connectivity index (χ0) is 22.4. The first-order valence-electron chi connectivity index (χ1n) is 10.2. The van der Waals surface area contributed by atoms with Crippen molar-refractivity contribution in [3.05, 3.63) is 59.0 Å². The molecule has 0 fully saturated rings. The van der Waals surface area contributed by atoms with Gasteiger partial charge in [0.05, 0.1) is 23.7 Å². The standard InChI is InChI=1S/C23H26F3N3O2/c1-14-8-16-5-7-31-20(16)18(9-14)21(2,23(24,25)26)13-22(3,30)28-11-17-10-15-4-6-27-12-19(15)29-17/h4,6,8-10,12,28-30H,5,7,11,13H2,1-3H3. The number of aromatic amines is 1. The van der Waals surface area contributed by atoms with Crippen LogP contribution in [0.3, 0.4) is 0 Å². The van der Waals surface area contributed by atoms with Crippen molar-refractivity contribution in [3.63, 3.8) is 0 Å². The number of hydrogen-bond donors (Lipinski definition) is 3. The van der Waals surface area contributed by atoms with Crippen molar-refractivity contribution in [2.24, 2.45) is 0 Å². The maximum Gasteiger partial charge on any atom is 0.398 e. The second kappa shape index (κ2) is 7.53. The maximum absolute atomic E-state index is 14.4. The number of aromatic nitrogens is 2. The number of pyridine rings is 1. The summed E-state index contributed by atoms with van der Waals surface area (Å²) in [6.07, 6.45) is -1.22. The molecule has 1 aromatic carbocycles. The third kappa shape index (κ3) is 4.14. The molecule has 3 aromatic rings. The van der Waals surface area contributed by atoms with E-state index in [1.165, 1.54) is 13.0 Å². The van der Waals surface area contributed by atoms with Gasteiger partial charge in [0, 0.05) is 42.2 Å². The minimum Gasteiger partial charge on any atom is -0.493 e. The van der Waals surface area contributed by atoms with Crippen LogP contribution in [-0.2, 0) is 18.4 Å². The fourth-order valence-electron chi connectivity index (χ4n) is 4.39. The molecule has 166 valence electrons. The summed E-state index contributed by atoms with van der Waals surface area (Å²) in [5, 5.41) is 14.8. The molecule has 0 bridgehead atoms. The van der Waals surface area contributed by atoms with E-state index in [9.17, 15) is 18.3 Å². The third-order valence-electron chi connectivity index (χ3n) is 5.99. The first-order valence-corrected chi connectivity index (χ1v) is 10.2. The van der Waals surface area contributed by atoms with Gasteiger partial charge in [0.15, 0.2) is 0 Å². The first kappa shape index (κ1) is 21.6. The normalized spacial score (nSPS) is 17.8. The monoisotopic (exact) mass is 433 g/mol. The summed E-state index contributed by atoms with van der Waals surface area (Å²) in [6.45, 7) is 4.83. The first-order chi connectivity index (χ1) is 14.5. The van der Waals surface area contributed by atoms with Gasteiger partial charge in [-0.05, 0) is 38.5 Å². The fraction of sp³-hybridized carbons (Fsp3) is 0.435. The Bertz CT molecular complexity index is 1070. The van der Waals surface area contributed by atoms with Crippen molar-refractivity contribution < 1.29 is 23.0 Å². The summed E-state index contributed by atoms with van der Waals surface area (Å²) < 4.78 is 48.8. The zero-order valence-electron chi connectivity index (χ0n) is 17.7. The number of rotatable bonds is 6. The molecule has 1 aliphatic rings. The molecule has 8 heteroatoms. The Morgan fingerprint density at radius 1 is 1.23 bits per heavy atom. The molecule has 3 heterocycles. The van der Waals surface area contributed by atoms with Crippen LogP contribution in [0.25, 0.3) is 10.9 Å². The van der Waals surface area contributed by atoms with Gasteiger partial charge in [0.1, 0.15) is 11.5 Å². The summed E-state index contributed by atoms with van der Waals surface area (Å²) in [4.78, 5) is 7.20. The molecule has 0 amide bonds. The molecule has 5 nitrogen and oxygen atoms in total. The van der Waals surface area contributed by atoms with Crippen LogP contribution in [0.2, 0.25) is 0 Å². The van der Waals surface area contributed by atoms with Gasteiger partial charge in [0.2, 0.25) is 0 Å². The van der Waals surface area contributed by atoms with Crippen molar-refractivity contribution in [1.29, 1.82) is 0 Å². The minimum atomic E-state index is -4.58. The number of halogens is 3. The molecule has 0 spiro atoms. The number of nitrogens with one attached hydrogen (secondary N) is 2. The van der Waals surface area contributed by atoms with Gasteiger partial charge in [-0.25, -0.2) is 0 Å². The smallest absolute Gasteiger partial charge is 0.398 e. The van der Waals surface area contributed by atoms with Gasteiger partial charge in [-0.1, -0.05) is 17.7 Å². The molecule has 4 rings (SSSR count). The van der Waals surface area contributed by atoms with Crippen LogP contribution in [0.4, 0.5) is 13.2 Å². The molecule has 0 aliphatic carbocycles. The minimum absolute atomic E-state index is 0.0752. The highest BCUT2D eigenvalue weighted by Crippen LogP contribution is 2.50. The number of hydrogen-bond acceptors (Lipinski definition) is 4. The molecule has 1 aliphatic heterocycles. The molecular weight excluding hydrogens is 407 g/mol. The number of nitrogens with zero attached hydrogens (tertiary/aromatic N) is 1. The van der Waals surface area contributed by atoms with E-state index >= 15 is 0 Å². The Labute approximate surface area is 178 Å². The number of benzene rings is 1. The zero-order valence-corrected chi connectivity index (χ0v) is 17.7. The Hall–Kier alpha value is -2.58. The lowest BCUT2D eigenvalue weighted by molar-refractivity contribution is -0.202. The second-order valence-corrected chi connectivity index (χ2v) is 8.79. The second-order valence-electron chi connectivity index (χ2n) is 8.79.